The lowest BCUT2D eigenvalue weighted by Gasteiger charge is -2.14. The molecule has 22 heavy (non-hydrogen) atoms. The van der Waals surface area contributed by atoms with Gasteiger partial charge in [0, 0.05) is 24.4 Å². The zero-order valence-corrected chi connectivity index (χ0v) is 12.6. The number of aryl methyl sites for hydroxylation is 1. The summed E-state index contributed by atoms with van der Waals surface area (Å²) in [6.45, 7) is 2.11. The molecule has 3 rings (SSSR count). The zero-order valence-electron chi connectivity index (χ0n) is 12.6. The van der Waals surface area contributed by atoms with E-state index >= 15 is 0 Å². The maximum Gasteiger partial charge on any atom is 0.223 e. The Morgan fingerprint density at radius 1 is 1.32 bits per heavy atom. The number of hydrogen-bond acceptors (Lipinski definition) is 4. The SMILES string of the molecule is Cc1cnc(N[C@H]2CC[C@@H](CO)C2)nc1-c1ccccc1F. The summed E-state index contributed by atoms with van der Waals surface area (Å²) in [6, 6.07) is 6.91. The third-order valence-electron chi connectivity index (χ3n) is 4.23. The molecular weight excluding hydrogens is 281 g/mol. The van der Waals surface area contributed by atoms with Crippen LogP contribution in [0.25, 0.3) is 11.3 Å². The largest absolute Gasteiger partial charge is 0.396 e. The first-order chi connectivity index (χ1) is 10.7. The third-order valence-corrected chi connectivity index (χ3v) is 4.23. The van der Waals surface area contributed by atoms with Gasteiger partial charge in [-0.15, -0.1) is 0 Å². The molecule has 1 saturated carbocycles. The number of halogens is 1. The number of benzene rings is 1. The van der Waals surface area contributed by atoms with Crippen molar-refractivity contribution < 1.29 is 9.50 Å². The van der Waals surface area contributed by atoms with Crippen molar-refractivity contribution in [1.29, 1.82) is 0 Å². The van der Waals surface area contributed by atoms with Crippen LogP contribution in [0.4, 0.5) is 10.3 Å². The molecule has 0 bridgehead atoms. The maximum absolute atomic E-state index is 14.0. The summed E-state index contributed by atoms with van der Waals surface area (Å²) in [7, 11) is 0. The third kappa shape index (κ3) is 3.09. The minimum absolute atomic E-state index is 0.230. The van der Waals surface area contributed by atoms with Crippen LogP contribution in [0.5, 0.6) is 0 Å². The summed E-state index contributed by atoms with van der Waals surface area (Å²) < 4.78 is 14.0. The number of rotatable bonds is 4. The Bertz CT molecular complexity index is 662. The van der Waals surface area contributed by atoms with E-state index in [0.717, 1.165) is 24.8 Å². The average molecular weight is 301 g/mol. The van der Waals surface area contributed by atoms with Crippen LogP contribution in [0, 0.1) is 18.7 Å². The maximum atomic E-state index is 14.0. The average Bonchev–Trinajstić information content (AvgIpc) is 2.98. The van der Waals surface area contributed by atoms with E-state index in [1.807, 2.05) is 6.92 Å². The lowest BCUT2D eigenvalue weighted by molar-refractivity contribution is 0.229. The topological polar surface area (TPSA) is 58.0 Å². The number of anilines is 1. The van der Waals surface area contributed by atoms with Crippen molar-refractivity contribution in [3.8, 4) is 11.3 Å². The molecule has 0 spiro atoms. The highest BCUT2D eigenvalue weighted by Crippen LogP contribution is 2.28. The minimum Gasteiger partial charge on any atom is -0.396 e. The second kappa shape index (κ2) is 6.40. The van der Waals surface area contributed by atoms with Gasteiger partial charge in [0.15, 0.2) is 0 Å². The standard InChI is InChI=1S/C17H20FN3O/c1-11-9-19-17(20-13-7-6-12(8-13)10-22)21-16(11)14-4-2-3-5-15(14)18/h2-5,9,12-13,22H,6-8,10H2,1H3,(H,19,20,21)/t12-,13+/m1/s1. The Hall–Kier alpha value is -2.01. The molecule has 116 valence electrons. The molecular formula is C17H20FN3O. The Kier molecular flexibility index (Phi) is 4.34. The highest BCUT2D eigenvalue weighted by Gasteiger charge is 2.24. The molecule has 2 aromatic rings. The molecule has 2 N–H and O–H groups in total. The second-order valence-electron chi connectivity index (χ2n) is 5.91. The molecule has 1 heterocycles. The fraction of sp³-hybridized carbons (Fsp3) is 0.412. The number of aliphatic hydroxyl groups excluding tert-OH is 1. The van der Waals surface area contributed by atoms with Gasteiger partial charge in [-0.2, -0.15) is 0 Å². The number of hydrogen-bond donors (Lipinski definition) is 2. The molecule has 0 unspecified atom stereocenters. The van der Waals surface area contributed by atoms with Gasteiger partial charge < -0.3 is 10.4 Å². The van der Waals surface area contributed by atoms with Crippen LogP contribution in [-0.4, -0.2) is 27.7 Å². The number of nitrogens with one attached hydrogen (secondary N) is 1. The van der Waals surface area contributed by atoms with Crippen molar-refractivity contribution in [2.75, 3.05) is 11.9 Å². The smallest absolute Gasteiger partial charge is 0.223 e. The normalized spacial score (nSPS) is 21.0. The van der Waals surface area contributed by atoms with Gasteiger partial charge >= 0.3 is 0 Å². The minimum atomic E-state index is -0.281. The Morgan fingerprint density at radius 2 is 2.14 bits per heavy atom. The van der Waals surface area contributed by atoms with Crippen LogP contribution < -0.4 is 5.32 Å². The predicted molar refractivity (Wildman–Crippen MR) is 84.0 cm³/mol. The molecule has 1 aliphatic carbocycles. The van der Waals surface area contributed by atoms with Gasteiger partial charge in [-0.25, -0.2) is 14.4 Å². The van der Waals surface area contributed by atoms with E-state index in [-0.39, 0.29) is 18.5 Å². The van der Waals surface area contributed by atoms with E-state index in [2.05, 4.69) is 15.3 Å². The summed E-state index contributed by atoms with van der Waals surface area (Å²) >= 11 is 0. The van der Waals surface area contributed by atoms with Crippen molar-refractivity contribution in [3.05, 3.63) is 41.8 Å². The predicted octanol–water partition coefficient (Wildman–Crippen LogP) is 3.16. The van der Waals surface area contributed by atoms with E-state index in [1.54, 1.807) is 24.4 Å². The van der Waals surface area contributed by atoms with E-state index < -0.39 is 0 Å². The van der Waals surface area contributed by atoms with E-state index in [0.29, 0.717) is 23.1 Å². The summed E-state index contributed by atoms with van der Waals surface area (Å²) in [5.41, 5.74) is 1.95. The van der Waals surface area contributed by atoms with Gasteiger partial charge in [-0.3, -0.25) is 0 Å². The number of aromatic nitrogens is 2. The van der Waals surface area contributed by atoms with Crippen molar-refractivity contribution in [2.24, 2.45) is 5.92 Å². The first kappa shape index (κ1) is 14.9. The fourth-order valence-electron chi connectivity index (χ4n) is 2.99. The molecule has 5 heteroatoms. The molecule has 2 atom stereocenters. The van der Waals surface area contributed by atoms with Crippen LogP contribution in [-0.2, 0) is 0 Å². The van der Waals surface area contributed by atoms with Crippen LogP contribution in [0.1, 0.15) is 24.8 Å². The van der Waals surface area contributed by atoms with Gasteiger partial charge in [-0.1, -0.05) is 12.1 Å². The van der Waals surface area contributed by atoms with Gasteiger partial charge in [-0.05, 0) is 49.8 Å². The molecule has 1 aliphatic rings. The lowest BCUT2D eigenvalue weighted by Crippen LogP contribution is -2.18. The number of aliphatic hydroxyl groups is 1. The molecule has 0 amide bonds. The van der Waals surface area contributed by atoms with Gasteiger partial charge in [0.2, 0.25) is 5.95 Å². The second-order valence-corrected chi connectivity index (χ2v) is 5.91. The van der Waals surface area contributed by atoms with E-state index in [1.165, 1.54) is 6.07 Å². The summed E-state index contributed by atoms with van der Waals surface area (Å²) in [4.78, 5) is 8.79. The molecule has 4 nitrogen and oxygen atoms in total. The highest BCUT2D eigenvalue weighted by molar-refractivity contribution is 5.64. The quantitative estimate of drug-likeness (QED) is 0.910. The lowest BCUT2D eigenvalue weighted by atomic mass is 10.1. The van der Waals surface area contributed by atoms with Crippen LogP contribution in [0.15, 0.2) is 30.5 Å². The Morgan fingerprint density at radius 3 is 2.86 bits per heavy atom. The Labute approximate surface area is 129 Å². The first-order valence-electron chi connectivity index (χ1n) is 7.63. The molecule has 0 aliphatic heterocycles. The monoisotopic (exact) mass is 301 g/mol. The molecule has 1 aromatic carbocycles. The molecule has 0 radical (unpaired) electrons. The fourth-order valence-corrected chi connectivity index (χ4v) is 2.99. The first-order valence-corrected chi connectivity index (χ1v) is 7.63. The van der Waals surface area contributed by atoms with Gasteiger partial charge in [0.1, 0.15) is 5.82 Å². The highest BCUT2D eigenvalue weighted by atomic mass is 19.1. The van der Waals surface area contributed by atoms with E-state index in [9.17, 15) is 9.50 Å². The zero-order chi connectivity index (χ0) is 15.5. The van der Waals surface area contributed by atoms with Crippen LogP contribution >= 0.6 is 0 Å². The van der Waals surface area contributed by atoms with Crippen molar-refractivity contribution in [2.45, 2.75) is 32.2 Å². The van der Waals surface area contributed by atoms with E-state index in [4.69, 9.17) is 0 Å². The van der Waals surface area contributed by atoms with Crippen LogP contribution in [0.3, 0.4) is 0 Å². The Balaban J connectivity index is 1.83. The van der Waals surface area contributed by atoms with Crippen LogP contribution in [0.2, 0.25) is 0 Å². The summed E-state index contributed by atoms with van der Waals surface area (Å²) in [5.74, 6) is 0.595. The van der Waals surface area contributed by atoms with Gasteiger partial charge in [0.05, 0.1) is 5.69 Å². The summed E-state index contributed by atoms with van der Waals surface area (Å²) in [6.07, 6.45) is 4.65. The van der Waals surface area contributed by atoms with Crippen molar-refractivity contribution in [3.63, 3.8) is 0 Å². The molecule has 0 saturated heterocycles. The molecule has 1 aromatic heterocycles. The summed E-state index contributed by atoms with van der Waals surface area (Å²) in [5, 5.41) is 12.5. The number of nitrogens with zero attached hydrogens (tertiary/aromatic N) is 2. The van der Waals surface area contributed by atoms with Crippen molar-refractivity contribution >= 4 is 5.95 Å². The van der Waals surface area contributed by atoms with Crippen molar-refractivity contribution in [1.82, 2.24) is 9.97 Å². The van der Waals surface area contributed by atoms with Gasteiger partial charge in [0.25, 0.3) is 0 Å². The molecule has 1 fully saturated rings.